The minimum atomic E-state index is -0.808. The fraction of sp³-hybridized carbons (Fsp3) is 0.280. The van der Waals surface area contributed by atoms with Gasteiger partial charge in [-0.3, -0.25) is 9.36 Å². The predicted octanol–water partition coefficient (Wildman–Crippen LogP) is 2.31. The molecule has 32 heavy (non-hydrogen) atoms. The predicted molar refractivity (Wildman–Crippen MR) is 122 cm³/mol. The molecule has 0 aliphatic heterocycles. The van der Waals surface area contributed by atoms with Crippen LogP contribution in [0.1, 0.15) is 42.5 Å². The molecule has 2 N–H and O–H groups in total. The van der Waals surface area contributed by atoms with Crippen molar-refractivity contribution in [2.45, 2.75) is 46.4 Å². The summed E-state index contributed by atoms with van der Waals surface area (Å²) in [4.78, 5) is 24.9. The maximum Gasteiger partial charge on any atom is 0.338 e. The van der Waals surface area contributed by atoms with Crippen molar-refractivity contribution in [3.8, 4) is 17.2 Å². The Morgan fingerprint density at radius 2 is 1.84 bits per heavy atom. The molecule has 0 fully saturated rings. The van der Waals surface area contributed by atoms with Gasteiger partial charge in [0.15, 0.2) is 5.88 Å². The molecule has 0 radical (unpaired) electrons. The van der Waals surface area contributed by atoms with Gasteiger partial charge in [-0.15, -0.1) is 0 Å². The summed E-state index contributed by atoms with van der Waals surface area (Å²) in [6, 6.07) is 10.3. The highest BCUT2D eigenvalue weighted by atomic mass is 16.5. The van der Waals surface area contributed by atoms with Crippen molar-refractivity contribution < 1.29 is 24.2 Å². The highest BCUT2D eigenvalue weighted by molar-refractivity contribution is 5.90. The molecular formula is C25H27NO6. The van der Waals surface area contributed by atoms with Crippen LogP contribution in [0.5, 0.6) is 5.88 Å². The second kappa shape index (κ2) is 9.28. The van der Waals surface area contributed by atoms with Gasteiger partial charge < -0.3 is 19.4 Å². The van der Waals surface area contributed by atoms with E-state index in [0.29, 0.717) is 27.9 Å². The topological polar surface area (TPSA) is 102 Å². The number of rotatable bonds is 6. The van der Waals surface area contributed by atoms with Crippen molar-refractivity contribution >= 4 is 18.6 Å². The number of aromatic hydroxyl groups is 1. The normalized spacial score (nSPS) is 12.9. The molecular weight excluding hydrogens is 410 g/mol. The van der Waals surface area contributed by atoms with Gasteiger partial charge >= 0.3 is 5.97 Å². The van der Waals surface area contributed by atoms with Gasteiger partial charge in [-0.25, -0.2) is 4.79 Å². The number of benzene rings is 1. The van der Waals surface area contributed by atoms with E-state index in [1.54, 1.807) is 63.2 Å². The number of furan rings is 1. The Morgan fingerprint density at radius 1 is 1.19 bits per heavy atom. The van der Waals surface area contributed by atoms with Gasteiger partial charge in [0.25, 0.3) is 5.56 Å². The molecule has 0 aliphatic carbocycles. The van der Waals surface area contributed by atoms with Crippen molar-refractivity contribution in [3.05, 3.63) is 74.1 Å². The molecule has 7 heteroatoms. The monoisotopic (exact) mass is 437 g/mol. The van der Waals surface area contributed by atoms with Crippen LogP contribution in [0.3, 0.4) is 0 Å². The third-order valence-corrected chi connectivity index (χ3v) is 4.95. The van der Waals surface area contributed by atoms with Crippen LogP contribution in [0.15, 0.2) is 45.6 Å². The summed E-state index contributed by atoms with van der Waals surface area (Å²) in [6.45, 7) is 10.7. The third-order valence-electron chi connectivity index (χ3n) is 4.95. The Balaban J connectivity index is 1.98. The fourth-order valence-electron chi connectivity index (χ4n) is 3.27. The fourth-order valence-corrected chi connectivity index (χ4v) is 3.27. The molecule has 3 rings (SSSR count). The average Bonchev–Trinajstić information content (AvgIpc) is 3.21. The molecule has 1 atom stereocenters. The van der Waals surface area contributed by atoms with Crippen LogP contribution in [0, 0.1) is 6.92 Å². The van der Waals surface area contributed by atoms with Gasteiger partial charge in [-0.05, 0) is 63.3 Å². The summed E-state index contributed by atoms with van der Waals surface area (Å²) in [6.07, 6.45) is 0.558. The summed E-state index contributed by atoms with van der Waals surface area (Å²) in [7, 11) is 0. The van der Waals surface area contributed by atoms with E-state index in [0.717, 1.165) is 10.1 Å². The molecule has 0 saturated heterocycles. The summed E-state index contributed by atoms with van der Waals surface area (Å²) >= 11 is 0. The van der Waals surface area contributed by atoms with Crippen molar-refractivity contribution in [1.82, 2.24) is 4.57 Å². The van der Waals surface area contributed by atoms with Crippen LogP contribution in [-0.2, 0) is 11.3 Å². The minimum Gasteiger partial charge on any atom is -0.494 e. The van der Waals surface area contributed by atoms with Crippen molar-refractivity contribution in [2.24, 2.45) is 0 Å². The third kappa shape index (κ3) is 4.84. The van der Waals surface area contributed by atoms with Crippen LogP contribution >= 0.6 is 0 Å². The number of carbonyl (C=O) groups excluding carboxylic acids is 1. The van der Waals surface area contributed by atoms with Crippen molar-refractivity contribution in [2.75, 3.05) is 0 Å². The number of hydrogen-bond donors (Lipinski definition) is 2. The molecule has 2 aromatic heterocycles. The first kappa shape index (κ1) is 23.1. The van der Waals surface area contributed by atoms with E-state index in [1.807, 2.05) is 0 Å². The lowest BCUT2D eigenvalue weighted by Crippen LogP contribution is -2.46. The molecule has 168 valence electrons. The molecule has 3 aromatic rings. The lowest BCUT2D eigenvalue weighted by molar-refractivity contribution is 0.0378. The highest BCUT2D eigenvalue weighted by Crippen LogP contribution is 2.23. The van der Waals surface area contributed by atoms with E-state index in [4.69, 9.17) is 9.15 Å². The quantitative estimate of drug-likeness (QED) is 0.574. The standard InChI is InChI=1S/C25H27NO6/c1-14(2)31-25(30)19-8-6-18(7-9-19)22-11-10-20(32-22)12-21-16(4)17(5)23(28)26(24(21)29)13-15(3)27/h6-12,14-15,27-28H,4,13H2,1-3,5H3/b21-12+. The number of nitrogens with zero attached hydrogens (tertiary/aromatic N) is 1. The number of ether oxygens (including phenoxy) is 1. The van der Waals surface area contributed by atoms with E-state index >= 15 is 0 Å². The smallest absolute Gasteiger partial charge is 0.338 e. The Hall–Kier alpha value is -3.58. The van der Waals surface area contributed by atoms with Crippen LogP contribution in [0.4, 0.5) is 0 Å². The highest BCUT2D eigenvalue weighted by Gasteiger charge is 2.13. The maximum absolute atomic E-state index is 12.9. The zero-order valence-electron chi connectivity index (χ0n) is 18.6. The second-order valence-electron chi connectivity index (χ2n) is 7.98. The molecule has 7 nitrogen and oxygen atoms in total. The van der Waals surface area contributed by atoms with E-state index in [9.17, 15) is 19.8 Å². The number of esters is 1. The number of hydrogen-bond acceptors (Lipinski definition) is 6. The first-order valence-electron chi connectivity index (χ1n) is 10.3. The summed E-state index contributed by atoms with van der Waals surface area (Å²) in [5.41, 5.74) is 1.19. The van der Waals surface area contributed by atoms with E-state index in [-0.39, 0.29) is 29.7 Å². The number of carbonyl (C=O) groups is 1. The molecule has 1 unspecified atom stereocenters. The molecule has 0 amide bonds. The number of aliphatic hydroxyl groups excluding tert-OH is 1. The average molecular weight is 437 g/mol. The van der Waals surface area contributed by atoms with Crippen LogP contribution in [-0.4, -0.2) is 33.0 Å². The maximum atomic E-state index is 12.9. The van der Waals surface area contributed by atoms with Crippen molar-refractivity contribution in [3.63, 3.8) is 0 Å². The van der Waals surface area contributed by atoms with Gasteiger partial charge in [0.1, 0.15) is 11.5 Å². The zero-order valence-corrected chi connectivity index (χ0v) is 18.6. The van der Waals surface area contributed by atoms with Crippen LogP contribution in [0.25, 0.3) is 24.0 Å². The van der Waals surface area contributed by atoms with Crippen molar-refractivity contribution in [1.29, 1.82) is 0 Å². The lowest BCUT2D eigenvalue weighted by atomic mass is 10.1. The van der Waals surface area contributed by atoms with Gasteiger partial charge in [0.05, 0.1) is 29.5 Å². The van der Waals surface area contributed by atoms with Crippen LogP contribution < -0.4 is 16.0 Å². The molecule has 0 bridgehead atoms. The minimum absolute atomic E-state index is 0.0401. The van der Waals surface area contributed by atoms with E-state index in [2.05, 4.69) is 6.58 Å². The Bertz CT molecular complexity index is 1300. The zero-order chi connectivity index (χ0) is 23.6. The number of aromatic nitrogens is 1. The summed E-state index contributed by atoms with van der Waals surface area (Å²) in [5.74, 6) is 0.387. The molecule has 2 heterocycles. The second-order valence-corrected chi connectivity index (χ2v) is 7.98. The first-order valence-corrected chi connectivity index (χ1v) is 10.3. The van der Waals surface area contributed by atoms with Gasteiger partial charge in [-0.2, -0.15) is 0 Å². The Kier molecular flexibility index (Phi) is 6.69. The number of pyridine rings is 1. The Morgan fingerprint density at radius 3 is 2.44 bits per heavy atom. The van der Waals surface area contributed by atoms with Crippen LogP contribution in [0.2, 0.25) is 0 Å². The summed E-state index contributed by atoms with van der Waals surface area (Å²) < 4.78 is 12.2. The molecule has 1 aromatic carbocycles. The van der Waals surface area contributed by atoms with Gasteiger partial charge in [0, 0.05) is 11.1 Å². The summed E-state index contributed by atoms with van der Waals surface area (Å²) in [5, 5.41) is 20.6. The number of aliphatic hydroxyl groups is 1. The largest absolute Gasteiger partial charge is 0.494 e. The van der Waals surface area contributed by atoms with Gasteiger partial charge in [0.2, 0.25) is 0 Å². The van der Waals surface area contributed by atoms with E-state index in [1.165, 1.54) is 6.92 Å². The SMILES string of the molecule is C=c1c(C)c(O)n(CC(C)O)c(=O)/c1=C/c1ccc(-c2ccc(C(=O)OC(C)C)cc2)o1. The molecule has 0 aliphatic rings. The van der Waals surface area contributed by atoms with E-state index < -0.39 is 11.7 Å². The lowest BCUT2D eigenvalue weighted by Gasteiger charge is -2.13. The molecule has 0 saturated carbocycles. The molecule has 0 spiro atoms. The van der Waals surface area contributed by atoms with Gasteiger partial charge in [-0.1, -0.05) is 18.7 Å². The Labute approximate surface area is 185 Å². The first-order chi connectivity index (χ1) is 15.1.